The summed E-state index contributed by atoms with van der Waals surface area (Å²) >= 11 is 0. The predicted molar refractivity (Wildman–Crippen MR) is 84.7 cm³/mol. The Bertz CT molecular complexity index is 455. The Labute approximate surface area is 132 Å². The van der Waals surface area contributed by atoms with Crippen LogP contribution in [0.15, 0.2) is 18.5 Å². The van der Waals surface area contributed by atoms with Gasteiger partial charge in [-0.25, -0.2) is 4.79 Å². The van der Waals surface area contributed by atoms with Crippen molar-refractivity contribution in [2.75, 3.05) is 32.8 Å². The normalized spacial score (nSPS) is 18.0. The molecule has 22 heavy (non-hydrogen) atoms. The van der Waals surface area contributed by atoms with Crippen molar-refractivity contribution in [1.82, 2.24) is 25.3 Å². The number of ether oxygens (including phenoxy) is 1. The monoisotopic (exact) mass is 309 g/mol. The van der Waals surface area contributed by atoms with Gasteiger partial charge in [-0.3, -0.25) is 9.58 Å². The lowest BCUT2D eigenvalue weighted by Gasteiger charge is -2.40. The van der Waals surface area contributed by atoms with Gasteiger partial charge in [-0.15, -0.1) is 0 Å². The standard InChI is InChI=1S/C15H27N5O2/c1-13(11-20-6-4-5-17-20)18-14(21)16-12-15(2,3)19-7-9-22-10-8-19/h4-6,13H,7-12H2,1-3H3,(H2,16,18,21)/t13-/m1/s1. The SMILES string of the molecule is C[C@H](Cn1cccn1)NC(=O)NCC(C)(C)N1CCOCC1. The smallest absolute Gasteiger partial charge is 0.315 e. The van der Waals surface area contributed by atoms with Crippen LogP contribution in [0.1, 0.15) is 20.8 Å². The molecule has 0 radical (unpaired) electrons. The third-order valence-corrected chi connectivity index (χ3v) is 3.95. The van der Waals surface area contributed by atoms with E-state index >= 15 is 0 Å². The van der Waals surface area contributed by atoms with Crippen LogP contribution in [0.2, 0.25) is 0 Å². The molecule has 2 amide bonds. The van der Waals surface area contributed by atoms with Gasteiger partial charge in [0.25, 0.3) is 0 Å². The van der Waals surface area contributed by atoms with Crippen LogP contribution < -0.4 is 10.6 Å². The van der Waals surface area contributed by atoms with Gasteiger partial charge in [-0.05, 0) is 26.8 Å². The van der Waals surface area contributed by atoms with E-state index in [4.69, 9.17) is 4.74 Å². The van der Waals surface area contributed by atoms with E-state index < -0.39 is 0 Å². The molecule has 7 heteroatoms. The van der Waals surface area contributed by atoms with Gasteiger partial charge in [0, 0.05) is 43.6 Å². The van der Waals surface area contributed by atoms with Crippen molar-refractivity contribution in [3.63, 3.8) is 0 Å². The molecule has 0 aliphatic carbocycles. The number of carbonyl (C=O) groups is 1. The van der Waals surface area contributed by atoms with Gasteiger partial charge in [-0.2, -0.15) is 5.10 Å². The maximum absolute atomic E-state index is 12.0. The number of morpholine rings is 1. The largest absolute Gasteiger partial charge is 0.379 e. The van der Waals surface area contributed by atoms with Gasteiger partial charge >= 0.3 is 6.03 Å². The molecule has 0 bridgehead atoms. The Morgan fingerprint density at radius 3 is 2.77 bits per heavy atom. The van der Waals surface area contributed by atoms with Gasteiger partial charge in [0.15, 0.2) is 0 Å². The molecule has 1 fully saturated rings. The van der Waals surface area contributed by atoms with Gasteiger partial charge in [-0.1, -0.05) is 0 Å². The van der Waals surface area contributed by atoms with E-state index in [1.165, 1.54) is 0 Å². The fraction of sp³-hybridized carbons (Fsp3) is 0.733. The fourth-order valence-corrected chi connectivity index (χ4v) is 2.59. The van der Waals surface area contributed by atoms with Gasteiger partial charge in [0.1, 0.15) is 0 Å². The van der Waals surface area contributed by atoms with Crippen molar-refractivity contribution < 1.29 is 9.53 Å². The Morgan fingerprint density at radius 1 is 1.41 bits per heavy atom. The molecule has 1 aliphatic rings. The summed E-state index contributed by atoms with van der Waals surface area (Å²) in [5.41, 5.74) is -0.0770. The van der Waals surface area contributed by atoms with E-state index in [2.05, 4.69) is 34.5 Å². The second kappa shape index (κ2) is 7.60. The van der Waals surface area contributed by atoms with E-state index in [-0.39, 0.29) is 17.6 Å². The molecule has 1 aromatic rings. The van der Waals surface area contributed by atoms with Gasteiger partial charge in [0.05, 0.1) is 19.8 Å². The first-order chi connectivity index (χ1) is 10.5. The van der Waals surface area contributed by atoms with E-state index in [0.29, 0.717) is 13.1 Å². The van der Waals surface area contributed by atoms with Crippen LogP contribution in [0.25, 0.3) is 0 Å². The second-order valence-corrected chi connectivity index (χ2v) is 6.37. The first-order valence-corrected chi connectivity index (χ1v) is 7.82. The summed E-state index contributed by atoms with van der Waals surface area (Å²) < 4.78 is 7.18. The molecule has 1 atom stereocenters. The lowest BCUT2D eigenvalue weighted by Crippen LogP contribution is -2.56. The summed E-state index contributed by atoms with van der Waals surface area (Å²) in [7, 11) is 0. The molecule has 0 aromatic carbocycles. The van der Waals surface area contributed by atoms with E-state index in [0.717, 1.165) is 26.3 Å². The molecule has 124 valence electrons. The molecule has 1 aromatic heterocycles. The number of hydrogen-bond acceptors (Lipinski definition) is 4. The molecule has 2 heterocycles. The topological polar surface area (TPSA) is 71.4 Å². The quantitative estimate of drug-likeness (QED) is 0.811. The number of nitrogens with one attached hydrogen (secondary N) is 2. The molecule has 2 rings (SSSR count). The second-order valence-electron chi connectivity index (χ2n) is 6.37. The summed E-state index contributed by atoms with van der Waals surface area (Å²) in [6, 6.07) is 1.75. The molecule has 1 saturated heterocycles. The van der Waals surface area contributed by atoms with Crippen LogP contribution in [0.5, 0.6) is 0 Å². The van der Waals surface area contributed by atoms with E-state index in [1.54, 1.807) is 6.20 Å². The van der Waals surface area contributed by atoms with Crippen LogP contribution in [-0.4, -0.2) is 65.1 Å². The average Bonchev–Trinajstić information content (AvgIpc) is 2.99. The zero-order valence-corrected chi connectivity index (χ0v) is 13.7. The minimum Gasteiger partial charge on any atom is -0.379 e. The summed E-state index contributed by atoms with van der Waals surface area (Å²) in [5, 5.41) is 10.0. The number of aromatic nitrogens is 2. The average molecular weight is 309 g/mol. The maximum atomic E-state index is 12.0. The molecule has 7 nitrogen and oxygen atoms in total. The van der Waals surface area contributed by atoms with E-state index in [1.807, 2.05) is 23.9 Å². The summed E-state index contributed by atoms with van der Waals surface area (Å²) in [5.74, 6) is 0. The lowest BCUT2D eigenvalue weighted by atomic mass is 10.0. The van der Waals surface area contributed by atoms with Crippen molar-refractivity contribution in [3.05, 3.63) is 18.5 Å². The first kappa shape index (κ1) is 16.8. The number of amides is 2. The number of rotatable bonds is 6. The fourth-order valence-electron chi connectivity index (χ4n) is 2.59. The highest BCUT2D eigenvalue weighted by Gasteiger charge is 2.28. The molecule has 0 spiro atoms. The Balaban J connectivity index is 1.72. The van der Waals surface area contributed by atoms with Crippen LogP contribution in [0.3, 0.4) is 0 Å². The van der Waals surface area contributed by atoms with Gasteiger partial charge < -0.3 is 15.4 Å². The van der Waals surface area contributed by atoms with Crippen LogP contribution >= 0.6 is 0 Å². The minimum atomic E-state index is -0.138. The summed E-state index contributed by atoms with van der Waals surface area (Å²) in [6.07, 6.45) is 3.62. The molecular weight excluding hydrogens is 282 g/mol. The van der Waals surface area contributed by atoms with Crippen LogP contribution in [0.4, 0.5) is 4.79 Å². The summed E-state index contributed by atoms with van der Waals surface area (Å²) in [6.45, 7) is 10.9. The zero-order valence-electron chi connectivity index (χ0n) is 13.7. The Kier molecular flexibility index (Phi) is 5.79. The van der Waals surface area contributed by atoms with Crippen molar-refractivity contribution >= 4 is 6.03 Å². The minimum absolute atomic E-state index is 0.0198. The zero-order chi connectivity index (χ0) is 16.0. The van der Waals surface area contributed by atoms with Crippen molar-refractivity contribution in [3.8, 4) is 0 Å². The lowest BCUT2D eigenvalue weighted by molar-refractivity contribution is -0.00876. The van der Waals surface area contributed by atoms with Crippen molar-refractivity contribution in [2.45, 2.75) is 38.9 Å². The number of carbonyl (C=O) groups excluding carboxylic acids is 1. The molecular formula is C15H27N5O2. The van der Waals surface area contributed by atoms with Gasteiger partial charge in [0.2, 0.25) is 0 Å². The Hall–Kier alpha value is -1.60. The number of hydrogen-bond donors (Lipinski definition) is 2. The first-order valence-electron chi connectivity index (χ1n) is 7.82. The van der Waals surface area contributed by atoms with Crippen LogP contribution in [-0.2, 0) is 11.3 Å². The third kappa shape index (κ3) is 4.99. The highest BCUT2D eigenvalue weighted by molar-refractivity contribution is 5.74. The molecule has 2 N–H and O–H groups in total. The summed E-state index contributed by atoms with van der Waals surface area (Å²) in [4.78, 5) is 14.4. The Morgan fingerprint density at radius 2 is 2.14 bits per heavy atom. The molecule has 1 aliphatic heterocycles. The van der Waals surface area contributed by atoms with E-state index in [9.17, 15) is 4.79 Å². The predicted octanol–water partition coefficient (Wildman–Crippen LogP) is 0.682. The van der Waals surface area contributed by atoms with Crippen LogP contribution in [0, 0.1) is 0 Å². The van der Waals surface area contributed by atoms with Crippen molar-refractivity contribution in [2.24, 2.45) is 0 Å². The molecule has 0 unspecified atom stereocenters. The number of urea groups is 1. The third-order valence-electron chi connectivity index (χ3n) is 3.95. The highest BCUT2D eigenvalue weighted by atomic mass is 16.5. The number of nitrogens with zero attached hydrogens (tertiary/aromatic N) is 3. The molecule has 0 saturated carbocycles. The highest BCUT2D eigenvalue weighted by Crippen LogP contribution is 2.14. The maximum Gasteiger partial charge on any atom is 0.315 e. The van der Waals surface area contributed by atoms with Crippen molar-refractivity contribution in [1.29, 1.82) is 0 Å².